The molecule has 0 radical (unpaired) electrons. The van der Waals surface area contributed by atoms with Gasteiger partial charge in [0.1, 0.15) is 6.10 Å². The van der Waals surface area contributed by atoms with E-state index in [1.165, 1.54) is 6.92 Å². The molecule has 0 aromatic heterocycles. The second kappa shape index (κ2) is 20.1. The van der Waals surface area contributed by atoms with Crippen molar-refractivity contribution >= 4 is 25.5 Å². The summed E-state index contributed by atoms with van der Waals surface area (Å²) in [4.78, 5) is 54.6. The molecule has 2 N–H and O–H groups in total. The highest BCUT2D eigenvalue weighted by molar-refractivity contribution is 7.52. The molecular weight excluding hydrogens is 499 g/mol. The number of carbonyl (C=O) groups excluding carboxylic acids is 3. The van der Waals surface area contributed by atoms with E-state index in [1.54, 1.807) is 6.92 Å². The summed E-state index contributed by atoms with van der Waals surface area (Å²) in [6.45, 7) is 12.8. The van der Waals surface area contributed by atoms with Crippen LogP contribution in [-0.4, -0.2) is 52.7 Å². The number of rotatable bonds is 22. The first-order chi connectivity index (χ1) is 17.4. The molecule has 9 nitrogen and oxygen atoms in total. The Morgan fingerprint density at radius 1 is 0.757 bits per heavy atom. The van der Waals surface area contributed by atoms with Gasteiger partial charge in [-0.05, 0) is 46.0 Å². The second-order valence-corrected chi connectivity index (χ2v) is 11.5. The summed E-state index contributed by atoms with van der Waals surface area (Å²) in [5.41, 5.74) is -0.506. The van der Waals surface area contributed by atoms with Crippen LogP contribution in [0.2, 0.25) is 0 Å². The van der Waals surface area contributed by atoms with Crippen LogP contribution in [-0.2, 0) is 33.2 Å². The molecule has 0 fully saturated rings. The Kier molecular flexibility index (Phi) is 19.0. The lowest BCUT2D eigenvalue weighted by Gasteiger charge is -2.22. The van der Waals surface area contributed by atoms with Crippen LogP contribution in [0.5, 0.6) is 0 Å². The first-order valence-corrected chi connectivity index (χ1v) is 15.0. The van der Waals surface area contributed by atoms with Crippen LogP contribution in [0.4, 0.5) is 0 Å². The van der Waals surface area contributed by atoms with Crippen molar-refractivity contribution in [3.05, 3.63) is 24.3 Å². The highest BCUT2D eigenvalue weighted by Gasteiger charge is 2.32. The second-order valence-electron chi connectivity index (χ2n) is 9.59. The van der Waals surface area contributed by atoms with Crippen LogP contribution in [0, 0.1) is 0 Å². The minimum atomic E-state index is -4.52. The maximum absolute atomic E-state index is 12.2. The lowest BCUT2D eigenvalue weighted by Crippen LogP contribution is -2.23. The first-order valence-electron chi connectivity index (χ1n) is 13.3. The monoisotopic (exact) mass is 546 g/mol. The van der Waals surface area contributed by atoms with Gasteiger partial charge >= 0.3 is 25.5 Å². The smallest absolute Gasteiger partial charge is 0.333 e. The van der Waals surface area contributed by atoms with E-state index in [9.17, 15) is 28.7 Å². The van der Waals surface area contributed by atoms with Crippen molar-refractivity contribution in [3.63, 3.8) is 0 Å². The van der Waals surface area contributed by atoms with E-state index in [0.29, 0.717) is 25.0 Å². The molecule has 0 amide bonds. The Labute approximate surface area is 222 Å². The molecule has 0 aliphatic carbocycles. The summed E-state index contributed by atoms with van der Waals surface area (Å²) in [6.07, 6.45) is 8.37. The molecule has 0 saturated heterocycles. The zero-order valence-corrected chi connectivity index (χ0v) is 23.8. The Morgan fingerprint density at radius 2 is 1.24 bits per heavy atom. The van der Waals surface area contributed by atoms with E-state index < -0.39 is 31.3 Å². The Hall–Kier alpha value is -1.96. The van der Waals surface area contributed by atoms with Crippen molar-refractivity contribution in [1.29, 1.82) is 0 Å². The summed E-state index contributed by atoms with van der Waals surface area (Å²) >= 11 is 0. The number of unbranched alkanes of at least 4 members (excludes halogenated alkanes) is 7. The highest BCUT2D eigenvalue weighted by atomic mass is 31.2. The van der Waals surface area contributed by atoms with Gasteiger partial charge in [-0.15, -0.1) is 0 Å². The minimum Gasteiger partial charge on any atom is -0.466 e. The van der Waals surface area contributed by atoms with Gasteiger partial charge in [0.25, 0.3) is 0 Å². The topological polar surface area (TPSA) is 136 Å². The number of ether oxygens (including phenoxy) is 3. The average Bonchev–Trinajstić information content (AvgIpc) is 2.81. The fraction of sp³-hybridized carbons (Fsp3) is 0.741. The van der Waals surface area contributed by atoms with Gasteiger partial charge < -0.3 is 24.0 Å². The van der Waals surface area contributed by atoms with Crippen LogP contribution in [0.3, 0.4) is 0 Å². The molecule has 37 heavy (non-hydrogen) atoms. The number of hydrogen-bond donors (Lipinski definition) is 2. The molecule has 2 unspecified atom stereocenters. The fourth-order valence-corrected chi connectivity index (χ4v) is 4.47. The summed E-state index contributed by atoms with van der Waals surface area (Å²) < 4.78 is 27.5. The van der Waals surface area contributed by atoms with Gasteiger partial charge in [0.15, 0.2) is 0 Å². The maximum Gasteiger partial charge on any atom is 0.333 e. The molecule has 0 heterocycles. The number of hydrogen-bond acceptors (Lipinski definition) is 7. The summed E-state index contributed by atoms with van der Waals surface area (Å²) in [5.74, 6) is -1.51. The minimum absolute atomic E-state index is 0.0455. The molecule has 0 bridgehead atoms. The van der Waals surface area contributed by atoms with E-state index in [-0.39, 0.29) is 37.4 Å². The fourth-order valence-electron chi connectivity index (χ4n) is 3.59. The highest BCUT2D eigenvalue weighted by Crippen LogP contribution is 2.45. The molecule has 0 saturated carbocycles. The Bertz CT molecular complexity index is 772. The third kappa shape index (κ3) is 18.9. The molecule has 0 aromatic rings. The zero-order valence-electron chi connectivity index (χ0n) is 22.9. The van der Waals surface area contributed by atoms with E-state index in [0.717, 1.165) is 51.4 Å². The van der Waals surface area contributed by atoms with E-state index in [2.05, 4.69) is 13.2 Å². The van der Waals surface area contributed by atoms with Crippen LogP contribution in [0.25, 0.3) is 0 Å². The van der Waals surface area contributed by atoms with Crippen LogP contribution in [0.15, 0.2) is 24.3 Å². The van der Waals surface area contributed by atoms with Gasteiger partial charge in [-0.25, -0.2) is 9.59 Å². The van der Waals surface area contributed by atoms with Gasteiger partial charge in [0.05, 0.1) is 25.3 Å². The number of carbonyl (C=O) groups is 3. The molecule has 10 heteroatoms. The van der Waals surface area contributed by atoms with Crippen molar-refractivity contribution in [3.8, 4) is 0 Å². The largest absolute Gasteiger partial charge is 0.466 e. The van der Waals surface area contributed by atoms with Gasteiger partial charge in [-0.3, -0.25) is 9.36 Å². The standard InChI is InChI=1S/C27H47O9P/c1-6-15-23(36-27(30)22(4)5)16-17-24(37(31,32)33)20-25(28)34-18-13-11-9-7-8-10-12-14-19-35-26(29)21(2)3/h23-24H,2,4,6-20H2,1,3,5H3,(H2,31,32,33). The summed E-state index contributed by atoms with van der Waals surface area (Å²) in [7, 11) is -4.52. The molecule has 0 aliphatic heterocycles. The predicted molar refractivity (Wildman–Crippen MR) is 143 cm³/mol. The van der Waals surface area contributed by atoms with Crippen molar-refractivity contribution in [2.45, 2.75) is 116 Å². The summed E-state index contributed by atoms with van der Waals surface area (Å²) in [5, 5.41) is 0. The normalized spacial score (nSPS) is 12.9. The molecule has 0 spiro atoms. The van der Waals surface area contributed by atoms with E-state index >= 15 is 0 Å². The quantitative estimate of drug-likeness (QED) is 0.0569. The van der Waals surface area contributed by atoms with Crippen molar-refractivity contribution in [2.24, 2.45) is 0 Å². The zero-order chi connectivity index (χ0) is 28.3. The third-order valence-electron chi connectivity index (χ3n) is 5.82. The van der Waals surface area contributed by atoms with Crippen molar-refractivity contribution in [1.82, 2.24) is 0 Å². The van der Waals surface area contributed by atoms with Crippen LogP contribution in [0.1, 0.15) is 104 Å². The maximum atomic E-state index is 12.2. The van der Waals surface area contributed by atoms with Crippen LogP contribution >= 0.6 is 7.60 Å². The van der Waals surface area contributed by atoms with Gasteiger partial charge in [-0.2, -0.15) is 0 Å². The Morgan fingerprint density at radius 3 is 1.70 bits per heavy atom. The number of esters is 3. The molecule has 0 aromatic carbocycles. The average molecular weight is 547 g/mol. The van der Waals surface area contributed by atoms with E-state index in [1.807, 2.05) is 6.92 Å². The van der Waals surface area contributed by atoms with Crippen molar-refractivity contribution in [2.75, 3.05) is 13.2 Å². The van der Waals surface area contributed by atoms with Crippen molar-refractivity contribution < 1.29 is 42.9 Å². The SMILES string of the molecule is C=C(C)C(=O)OCCCCCCCCCCOC(=O)CC(CCC(CCC)OC(=O)C(=C)C)P(=O)(O)O. The molecule has 2 atom stereocenters. The van der Waals surface area contributed by atoms with Gasteiger partial charge in [0, 0.05) is 11.1 Å². The molecule has 214 valence electrons. The molecule has 0 aliphatic rings. The third-order valence-corrected chi connectivity index (χ3v) is 7.21. The van der Waals surface area contributed by atoms with Crippen LogP contribution < -0.4 is 0 Å². The summed E-state index contributed by atoms with van der Waals surface area (Å²) in [6, 6.07) is 0. The first kappa shape index (κ1) is 35.0. The predicted octanol–water partition coefficient (Wildman–Crippen LogP) is 5.77. The lowest BCUT2D eigenvalue weighted by molar-refractivity contribution is -0.146. The van der Waals surface area contributed by atoms with E-state index in [4.69, 9.17) is 14.2 Å². The Balaban J connectivity index is 4.12. The molecule has 0 rings (SSSR count). The van der Waals surface area contributed by atoms with Gasteiger partial charge in [-0.1, -0.05) is 65.0 Å². The van der Waals surface area contributed by atoms with Gasteiger partial charge in [0.2, 0.25) is 0 Å². The lowest BCUT2D eigenvalue weighted by atomic mass is 10.1. The molecular formula is C27H47O9P.